The number of Topliss-reactive ketones (excluding diaryl/α,β-unsaturated/α-hetero) is 1. The summed E-state index contributed by atoms with van der Waals surface area (Å²) in [5.74, 6) is -2.85. The molecule has 0 spiro atoms. The molecular formula is C22H14ClFN2O4. The Morgan fingerprint density at radius 1 is 1.20 bits per heavy atom. The molecule has 6 nitrogen and oxygen atoms in total. The topological polar surface area (TPSA) is 99.6 Å². The monoisotopic (exact) mass is 424 g/mol. The number of carboxylic acids is 1. The number of hydrogen-bond acceptors (Lipinski definition) is 4. The summed E-state index contributed by atoms with van der Waals surface area (Å²) in [5.41, 5.74) is -2.10. The first-order chi connectivity index (χ1) is 14.3. The van der Waals surface area contributed by atoms with E-state index in [0.29, 0.717) is 5.02 Å². The van der Waals surface area contributed by atoms with Crippen molar-refractivity contribution < 1.29 is 19.1 Å². The molecule has 1 aromatic heterocycles. The first-order valence-corrected chi connectivity index (χ1v) is 9.29. The van der Waals surface area contributed by atoms with E-state index < -0.39 is 28.5 Å². The second-order valence-corrected chi connectivity index (χ2v) is 7.35. The minimum atomic E-state index is -1.38. The van der Waals surface area contributed by atoms with E-state index in [-0.39, 0.29) is 28.5 Å². The third-order valence-electron chi connectivity index (χ3n) is 4.97. The van der Waals surface area contributed by atoms with Crippen LogP contribution in [0, 0.1) is 5.82 Å². The quantitative estimate of drug-likeness (QED) is 0.608. The van der Waals surface area contributed by atoms with Crippen molar-refractivity contribution in [3.8, 4) is 0 Å². The van der Waals surface area contributed by atoms with Gasteiger partial charge in [-0.05, 0) is 42.0 Å². The molecular weight excluding hydrogens is 411 g/mol. The number of fused-ring (bicyclic) bond motifs is 1. The number of carboxylic acid groups (broad SMARTS) is 1. The number of benzene rings is 2. The van der Waals surface area contributed by atoms with Crippen LogP contribution in [0.1, 0.15) is 26.3 Å². The van der Waals surface area contributed by atoms with Crippen molar-refractivity contribution in [3.05, 3.63) is 92.5 Å². The molecule has 0 aliphatic carbocycles. The number of aromatic carboxylic acids is 1. The average molecular weight is 425 g/mol. The van der Waals surface area contributed by atoms with Crippen LogP contribution in [0.2, 0.25) is 5.02 Å². The van der Waals surface area contributed by atoms with Crippen LogP contribution in [0.5, 0.6) is 0 Å². The van der Waals surface area contributed by atoms with Crippen molar-refractivity contribution in [2.24, 2.45) is 4.99 Å². The molecule has 2 N–H and O–H groups in total. The predicted molar refractivity (Wildman–Crippen MR) is 111 cm³/mol. The summed E-state index contributed by atoms with van der Waals surface area (Å²) in [6.45, 7) is 0. The van der Waals surface area contributed by atoms with Crippen LogP contribution in [0.4, 0.5) is 4.39 Å². The van der Waals surface area contributed by atoms with Crippen molar-refractivity contribution in [1.82, 2.24) is 4.98 Å². The van der Waals surface area contributed by atoms with Crippen molar-refractivity contribution >= 4 is 40.5 Å². The number of aromatic nitrogens is 1. The zero-order valence-electron chi connectivity index (χ0n) is 15.4. The van der Waals surface area contributed by atoms with E-state index in [1.165, 1.54) is 6.21 Å². The van der Waals surface area contributed by atoms with Gasteiger partial charge in [-0.15, -0.1) is 0 Å². The van der Waals surface area contributed by atoms with Gasteiger partial charge in [0.2, 0.25) is 0 Å². The van der Waals surface area contributed by atoms with E-state index in [1.54, 1.807) is 36.4 Å². The van der Waals surface area contributed by atoms with Gasteiger partial charge < -0.3 is 10.1 Å². The maximum Gasteiger partial charge on any atom is 0.335 e. The number of aromatic amines is 1. The number of carbonyl (C=O) groups excluding carboxylic acids is 1. The highest BCUT2D eigenvalue weighted by atomic mass is 35.5. The summed E-state index contributed by atoms with van der Waals surface area (Å²) in [6, 6.07) is 8.77. The van der Waals surface area contributed by atoms with Gasteiger partial charge in [0.1, 0.15) is 11.4 Å². The molecule has 4 rings (SSSR count). The van der Waals surface area contributed by atoms with Gasteiger partial charge >= 0.3 is 5.97 Å². The standard InChI is InChI=1S/C22H14ClFN2O4/c23-14-4-2-12(3-5-14)10-22(6-1-7-26-22)20(28)16-11-25-18-15(19(16)27)8-13(21(29)30)9-17(18)24/h1-9,11H,10H2,(H,25,27)(H,29,30). The van der Waals surface area contributed by atoms with Crippen LogP contribution in [0.3, 0.4) is 0 Å². The Kier molecular flexibility index (Phi) is 4.83. The predicted octanol–water partition coefficient (Wildman–Crippen LogP) is 3.82. The average Bonchev–Trinajstić information content (AvgIpc) is 3.19. The maximum atomic E-state index is 14.3. The number of carbonyl (C=O) groups is 2. The highest BCUT2D eigenvalue weighted by Crippen LogP contribution is 2.28. The number of nitrogens with one attached hydrogen (secondary N) is 1. The normalized spacial score (nSPS) is 17.5. The van der Waals surface area contributed by atoms with E-state index in [1.807, 2.05) is 0 Å². The fraction of sp³-hybridized carbons (Fsp3) is 0.0909. The SMILES string of the molecule is O=C(O)c1cc(F)c2[nH]cc(C(=O)C3(Cc4ccc(Cl)cc4)C=CC=N3)c(=O)c2c1. The largest absolute Gasteiger partial charge is 0.478 e. The van der Waals surface area contributed by atoms with E-state index in [0.717, 1.165) is 23.9 Å². The van der Waals surface area contributed by atoms with Gasteiger partial charge in [-0.1, -0.05) is 23.7 Å². The molecule has 1 unspecified atom stereocenters. The third kappa shape index (κ3) is 3.33. The molecule has 0 bridgehead atoms. The van der Waals surface area contributed by atoms with Gasteiger partial charge in [0.15, 0.2) is 11.2 Å². The number of halogens is 2. The third-order valence-corrected chi connectivity index (χ3v) is 5.23. The van der Waals surface area contributed by atoms with Crippen LogP contribution in [0.15, 0.2) is 64.5 Å². The summed E-state index contributed by atoms with van der Waals surface area (Å²) < 4.78 is 14.3. The summed E-state index contributed by atoms with van der Waals surface area (Å²) >= 11 is 5.92. The van der Waals surface area contributed by atoms with Gasteiger partial charge in [0, 0.05) is 23.9 Å². The van der Waals surface area contributed by atoms with Gasteiger partial charge in [0.25, 0.3) is 0 Å². The highest BCUT2D eigenvalue weighted by molar-refractivity contribution is 6.30. The Balaban J connectivity index is 1.83. The van der Waals surface area contributed by atoms with Gasteiger partial charge in [-0.3, -0.25) is 14.6 Å². The molecule has 150 valence electrons. The molecule has 0 saturated carbocycles. The Bertz CT molecular complexity index is 1300. The maximum absolute atomic E-state index is 14.3. The lowest BCUT2D eigenvalue weighted by Crippen LogP contribution is -2.38. The van der Waals surface area contributed by atoms with E-state index in [4.69, 9.17) is 16.7 Å². The summed E-state index contributed by atoms with van der Waals surface area (Å²) in [4.78, 5) is 44.5. The van der Waals surface area contributed by atoms with Crippen molar-refractivity contribution in [2.75, 3.05) is 0 Å². The molecule has 1 aliphatic heterocycles. The van der Waals surface area contributed by atoms with Gasteiger partial charge in [0.05, 0.1) is 22.0 Å². The molecule has 1 atom stereocenters. The smallest absolute Gasteiger partial charge is 0.335 e. The number of nitrogens with zero attached hydrogens (tertiary/aromatic N) is 1. The summed E-state index contributed by atoms with van der Waals surface area (Å²) in [6.07, 6.45) is 6.02. The molecule has 2 aromatic carbocycles. The Hall–Kier alpha value is -3.58. The number of allylic oxidation sites excluding steroid dienone is 1. The molecule has 8 heteroatoms. The Labute approximate surface area is 174 Å². The summed E-state index contributed by atoms with van der Waals surface area (Å²) in [5, 5.41) is 9.48. The first kappa shape index (κ1) is 19.7. The zero-order valence-corrected chi connectivity index (χ0v) is 16.1. The second kappa shape index (κ2) is 7.35. The lowest BCUT2D eigenvalue weighted by Gasteiger charge is -2.23. The first-order valence-electron chi connectivity index (χ1n) is 8.91. The van der Waals surface area contributed by atoms with Crippen LogP contribution in [-0.2, 0) is 6.42 Å². The Morgan fingerprint density at radius 2 is 1.93 bits per heavy atom. The lowest BCUT2D eigenvalue weighted by atomic mass is 9.84. The molecule has 3 aromatic rings. The van der Waals surface area contributed by atoms with Crippen LogP contribution in [-0.4, -0.2) is 33.6 Å². The summed E-state index contributed by atoms with van der Waals surface area (Å²) in [7, 11) is 0. The zero-order chi connectivity index (χ0) is 21.5. The van der Waals surface area contributed by atoms with Gasteiger partial charge in [-0.2, -0.15) is 0 Å². The number of hydrogen-bond donors (Lipinski definition) is 2. The molecule has 2 heterocycles. The fourth-order valence-electron chi connectivity index (χ4n) is 3.47. The number of pyridine rings is 1. The molecule has 0 fully saturated rings. The Morgan fingerprint density at radius 3 is 2.57 bits per heavy atom. The molecule has 0 radical (unpaired) electrons. The molecule has 0 amide bonds. The number of rotatable bonds is 5. The fourth-order valence-corrected chi connectivity index (χ4v) is 3.59. The van der Waals surface area contributed by atoms with Crippen molar-refractivity contribution in [1.29, 1.82) is 0 Å². The highest BCUT2D eigenvalue weighted by Gasteiger charge is 2.39. The number of ketones is 1. The van der Waals surface area contributed by atoms with E-state index in [9.17, 15) is 18.8 Å². The van der Waals surface area contributed by atoms with Crippen LogP contribution >= 0.6 is 11.6 Å². The van der Waals surface area contributed by atoms with E-state index >= 15 is 0 Å². The van der Waals surface area contributed by atoms with Crippen LogP contribution in [0.25, 0.3) is 10.9 Å². The van der Waals surface area contributed by atoms with E-state index in [2.05, 4.69) is 9.98 Å². The minimum absolute atomic E-state index is 0.168. The van der Waals surface area contributed by atoms with Crippen LogP contribution < -0.4 is 5.43 Å². The minimum Gasteiger partial charge on any atom is -0.478 e. The second-order valence-electron chi connectivity index (χ2n) is 6.91. The molecule has 0 saturated heterocycles. The van der Waals surface area contributed by atoms with Crippen molar-refractivity contribution in [2.45, 2.75) is 12.0 Å². The molecule has 1 aliphatic rings. The number of aliphatic imine (C=N–C) groups is 1. The number of H-pyrrole nitrogens is 1. The lowest BCUT2D eigenvalue weighted by molar-refractivity contribution is 0.0696. The van der Waals surface area contributed by atoms with Crippen molar-refractivity contribution in [3.63, 3.8) is 0 Å². The molecule has 30 heavy (non-hydrogen) atoms. The van der Waals surface area contributed by atoms with Gasteiger partial charge in [-0.25, -0.2) is 9.18 Å².